The lowest BCUT2D eigenvalue weighted by atomic mass is 10.1. The Kier molecular flexibility index (Phi) is 5.68. The van der Waals surface area contributed by atoms with Crippen molar-refractivity contribution in [3.63, 3.8) is 0 Å². The highest BCUT2D eigenvalue weighted by Gasteiger charge is 2.17. The lowest BCUT2D eigenvalue weighted by molar-refractivity contribution is -0.119. The van der Waals surface area contributed by atoms with Crippen molar-refractivity contribution in [2.75, 3.05) is 25.1 Å². The molecule has 0 radical (unpaired) electrons. The molecular formula is C20H16N2O6S2. The number of rotatable bonds is 6. The number of anilines is 1. The Morgan fingerprint density at radius 2 is 1.87 bits per heavy atom. The Hall–Kier alpha value is -3.37. The highest BCUT2D eigenvalue weighted by molar-refractivity contribution is 7.17. The van der Waals surface area contributed by atoms with Crippen LogP contribution in [0.4, 0.5) is 5.00 Å². The Bertz CT molecular complexity index is 1120. The second-order valence-corrected chi connectivity index (χ2v) is 8.17. The van der Waals surface area contributed by atoms with Crippen LogP contribution in [0.5, 0.6) is 11.5 Å². The van der Waals surface area contributed by atoms with E-state index in [1.807, 2.05) is 18.2 Å². The van der Waals surface area contributed by atoms with E-state index < -0.39 is 24.4 Å². The molecule has 0 aliphatic carbocycles. The van der Waals surface area contributed by atoms with Crippen LogP contribution in [0.15, 0.2) is 41.8 Å². The van der Waals surface area contributed by atoms with Gasteiger partial charge in [-0.3, -0.25) is 9.59 Å². The third-order valence-electron chi connectivity index (χ3n) is 4.15. The van der Waals surface area contributed by atoms with Gasteiger partial charge in [-0.25, -0.2) is 4.79 Å². The summed E-state index contributed by atoms with van der Waals surface area (Å²) in [7, 11) is 0. The number of primary amides is 1. The number of carbonyl (C=O) groups is 3. The molecule has 154 valence electrons. The number of carbonyl (C=O) groups excluding carboxylic acids is 3. The zero-order valence-corrected chi connectivity index (χ0v) is 17.1. The van der Waals surface area contributed by atoms with E-state index >= 15 is 0 Å². The molecule has 0 atom stereocenters. The van der Waals surface area contributed by atoms with Gasteiger partial charge in [-0.05, 0) is 47.3 Å². The van der Waals surface area contributed by atoms with Crippen molar-refractivity contribution in [3.05, 3.63) is 52.2 Å². The van der Waals surface area contributed by atoms with Crippen LogP contribution in [0, 0.1) is 0 Å². The summed E-state index contributed by atoms with van der Waals surface area (Å²) in [6.07, 6.45) is 0. The number of nitrogens with one attached hydrogen (secondary N) is 1. The van der Waals surface area contributed by atoms with E-state index in [4.69, 9.17) is 19.9 Å². The van der Waals surface area contributed by atoms with E-state index in [1.165, 1.54) is 17.4 Å². The number of nitrogens with two attached hydrogens (primary N) is 1. The third kappa shape index (κ3) is 4.29. The first-order valence-corrected chi connectivity index (χ1v) is 10.5. The van der Waals surface area contributed by atoms with Crippen LogP contribution in [0.2, 0.25) is 0 Å². The first kappa shape index (κ1) is 19.9. The number of ether oxygens (including phenoxy) is 3. The van der Waals surface area contributed by atoms with Gasteiger partial charge in [-0.2, -0.15) is 0 Å². The minimum absolute atomic E-state index is 0.210. The van der Waals surface area contributed by atoms with Crippen molar-refractivity contribution in [2.45, 2.75) is 0 Å². The number of benzene rings is 1. The van der Waals surface area contributed by atoms with Gasteiger partial charge in [-0.15, -0.1) is 22.7 Å². The molecule has 2 aromatic heterocycles. The number of hydrogen-bond acceptors (Lipinski definition) is 8. The molecule has 0 spiro atoms. The number of hydrogen-bond donors (Lipinski definition) is 2. The van der Waals surface area contributed by atoms with Crippen molar-refractivity contribution >= 4 is 45.5 Å². The Morgan fingerprint density at radius 3 is 2.67 bits per heavy atom. The molecule has 3 heterocycles. The lowest BCUT2D eigenvalue weighted by Crippen LogP contribution is -2.22. The quantitative estimate of drug-likeness (QED) is 0.564. The number of amides is 2. The first-order valence-electron chi connectivity index (χ1n) is 8.85. The first-order chi connectivity index (χ1) is 14.5. The van der Waals surface area contributed by atoms with E-state index in [2.05, 4.69) is 5.32 Å². The molecule has 1 aliphatic heterocycles. The molecule has 0 unspecified atom stereocenters. The molecule has 3 aromatic rings. The van der Waals surface area contributed by atoms with Crippen LogP contribution in [0.25, 0.3) is 10.4 Å². The van der Waals surface area contributed by atoms with Gasteiger partial charge in [0.05, 0.1) is 5.56 Å². The van der Waals surface area contributed by atoms with Crippen LogP contribution in [0.1, 0.15) is 20.0 Å². The maximum atomic E-state index is 12.3. The molecule has 1 aliphatic rings. The van der Waals surface area contributed by atoms with Crippen molar-refractivity contribution in [1.29, 1.82) is 0 Å². The summed E-state index contributed by atoms with van der Waals surface area (Å²) >= 11 is 2.40. The monoisotopic (exact) mass is 444 g/mol. The molecule has 0 saturated carbocycles. The highest BCUT2D eigenvalue weighted by Crippen LogP contribution is 2.37. The summed E-state index contributed by atoms with van der Waals surface area (Å²) in [6, 6.07) is 10.5. The predicted octanol–water partition coefficient (Wildman–Crippen LogP) is 3.14. The molecule has 2 amide bonds. The van der Waals surface area contributed by atoms with Crippen LogP contribution in [0.3, 0.4) is 0 Å². The van der Waals surface area contributed by atoms with E-state index in [1.54, 1.807) is 17.5 Å². The van der Waals surface area contributed by atoms with E-state index in [-0.39, 0.29) is 5.56 Å². The Morgan fingerprint density at radius 1 is 1.07 bits per heavy atom. The molecule has 8 nitrogen and oxygen atoms in total. The molecule has 30 heavy (non-hydrogen) atoms. The molecule has 4 rings (SSSR count). The maximum Gasteiger partial charge on any atom is 0.348 e. The zero-order chi connectivity index (χ0) is 21.1. The van der Waals surface area contributed by atoms with Crippen LogP contribution in [-0.2, 0) is 9.53 Å². The summed E-state index contributed by atoms with van der Waals surface area (Å²) in [5.74, 6) is -0.458. The fourth-order valence-electron chi connectivity index (χ4n) is 2.76. The smallest absolute Gasteiger partial charge is 0.348 e. The highest BCUT2D eigenvalue weighted by atomic mass is 32.1. The minimum atomic E-state index is -0.645. The summed E-state index contributed by atoms with van der Waals surface area (Å²) in [5, 5.41) is 4.47. The SMILES string of the molecule is NC(=O)c1ccsc1NC(=O)COC(=O)c1ccc(-c2ccc3c(c2)OCCO3)s1. The molecule has 3 N–H and O–H groups in total. The van der Waals surface area contributed by atoms with E-state index in [0.29, 0.717) is 34.6 Å². The topological polar surface area (TPSA) is 117 Å². The summed E-state index contributed by atoms with van der Waals surface area (Å²) < 4.78 is 16.2. The number of fused-ring (bicyclic) bond motifs is 1. The van der Waals surface area contributed by atoms with Crippen LogP contribution in [-0.4, -0.2) is 37.6 Å². The van der Waals surface area contributed by atoms with Gasteiger partial charge >= 0.3 is 5.97 Å². The van der Waals surface area contributed by atoms with Gasteiger partial charge in [0.15, 0.2) is 18.1 Å². The Balaban J connectivity index is 1.37. The minimum Gasteiger partial charge on any atom is -0.486 e. The van der Waals surface area contributed by atoms with Gasteiger partial charge in [0.1, 0.15) is 23.1 Å². The van der Waals surface area contributed by atoms with Gasteiger partial charge in [0.2, 0.25) is 0 Å². The number of esters is 1. The van der Waals surface area contributed by atoms with E-state index in [9.17, 15) is 14.4 Å². The van der Waals surface area contributed by atoms with Crippen molar-refractivity contribution in [1.82, 2.24) is 0 Å². The molecule has 1 aromatic carbocycles. The molecule has 0 saturated heterocycles. The summed E-state index contributed by atoms with van der Waals surface area (Å²) in [5.41, 5.74) is 6.34. The Labute approximate surface area is 179 Å². The summed E-state index contributed by atoms with van der Waals surface area (Å²) in [6.45, 7) is 0.532. The van der Waals surface area contributed by atoms with Gasteiger partial charge in [-0.1, -0.05) is 0 Å². The summed E-state index contributed by atoms with van der Waals surface area (Å²) in [4.78, 5) is 36.8. The fourth-order valence-corrected chi connectivity index (χ4v) is 4.47. The van der Waals surface area contributed by atoms with Gasteiger partial charge < -0.3 is 25.3 Å². The van der Waals surface area contributed by atoms with Crippen LogP contribution < -0.4 is 20.5 Å². The van der Waals surface area contributed by atoms with Crippen LogP contribution >= 0.6 is 22.7 Å². The molecular weight excluding hydrogens is 428 g/mol. The van der Waals surface area contributed by atoms with Crippen molar-refractivity contribution in [2.24, 2.45) is 5.73 Å². The largest absolute Gasteiger partial charge is 0.486 e. The zero-order valence-electron chi connectivity index (χ0n) is 15.5. The second kappa shape index (κ2) is 8.56. The average Bonchev–Trinajstić information content (AvgIpc) is 3.41. The maximum absolute atomic E-state index is 12.3. The fraction of sp³-hybridized carbons (Fsp3) is 0.150. The molecule has 10 heteroatoms. The average molecular weight is 444 g/mol. The molecule has 0 fully saturated rings. The standard InChI is InChI=1S/C20H16N2O6S2/c21-18(24)12-5-8-29-19(12)22-17(23)10-28-20(25)16-4-3-15(30-16)11-1-2-13-14(9-11)27-7-6-26-13/h1-5,8-9H,6-7,10H2,(H2,21,24)(H,22,23). The lowest BCUT2D eigenvalue weighted by Gasteiger charge is -2.18. The number of thiophene rings is 2. The second-order valence-electron chi connectivity index (χ2n) is 6.17. The van der Waals surface area contributed by atoms with Gasteiger partial charge in [0.25, 0.3) is 11.8 Å². The van der Waals surface area contributed by atoms with Crippen molar-refractivity contribution in [3.8, 4) is 21.9 Å². The van der Waals surface area contributed by atoms with Gasteiger partial charge in [0, 0.05) is 4.88 Å². The third-order valence-corrected chi connectivity index (χ3v) is 6.10. The molecule has 0 bridgehead atoms. The predicted molar refractivity (Wildman–Crippen MR) is 112 cm³/mol. The normalized spacial score (nSPS) is 12.3. The van der Waals surface area contributed by atoms with Crippen molar-refractivity contribution < 1.29 is 28.6 Å². The van der Waals surface area contributed by atoms with E-state index in [0.717, 1.165) is 21.8 Å².